The van der Waals surface area contributed by atoms with E-state index in [4.69, 9.17) is 17.3 Å². The predicted molar refractivity (Wildman–Crippen MR) is 63.8 cm³/mol. The minimum absolute atomic E-state index is 0.367. The van der Waals surface area contributed by atoms with Crippen molar-refractivity contribution < 1.29 is 9.53 Å². The Labute approximate surface area is 98.7 Å². The highest BCUT2D eigenvalue weighted by molar-refractivity contribution is 6.34. The zero-order valence-electron chi connectivity index (χ0n) is 8.92. The maximum Gasteiger partial charge on any atom is 0.337 e. The maximum absolute atomic E-state index is 11.3. The monoisotopic (exact) mass is 240 g/mol. The van der Waals surface area contributed by atoms with E-state index in [1.807, 2.05) is 0 Å². The van der Waals surface area contributed by atoms with Gasteiger partial charge in [0.2, 0.25) is 0 Å². The molecule has 1 fully saturated rings. The summed E-state index contributed by atoms with van der Waals surface area (Å²) < 4.78 is 4.61. The second-order valence-electron chi connectivity index (χ2n) is 3.83. The van der Waals surface area contributed by atoms with Gasteiger partial charge in [-0.25, -0.2) is 4.79 Å². The molecule has 0 amide bonds. The summed E-state index contributed by atoms with van der Waals surface area (Å²) in [4.78, 5) is 11.3. The molecule has 0 bridgehead atoms. The molecule has 0 spiro atoms. The predicted octanol–water partition coefficient (Wildman–Crippen LogP) is 2.28. The molecule has 0 saturated heterocycles. The Hall–Kier alpha value is -1.42. The third-order valence-electron chi connectivity index (χ3n) is 2.47. The van der Waals surface area contributed by atoms with Crippen LogP contribution in [0.15, 0.2) is 12.1 Å². The van der Waals surface area contributed by atoms with Crippen LogP contribution in [0.1, 0.15) is 23.2 Å². The molecule has 16 heavy (non-hydrogen) atoms. The number of hydrogen-bond acceptors (Lipinski definition) is 4. The van der Waals surface area contributed by atoms with Crippen LogP contribution in [0, 0.1) is 0 Å². The summed E-state index contributed by atoms with van der Waals surface area (Å²) in [7, 11) is 1.32. The molecule has 1 aliphatic rings. The van der Waals surface area contributed by atoms with E-state index in [1.54, 1.807) is 12.1 Å². The van der Waals surface area contributed by atoms with Gasteiger partial charge in [0.05, 0.1) is 29.1 Å². The van der Waals surface area contributed by atoms with E-state index in [0.717, 1.165) is 12.8 Å². The summed E-state index contributed by atoms with van der Waals surface area (Å²) in [6.07, 6.45) is 2.27. The van der Waals surface area contributed by atoms with Gasteiger partial charge in [0, 0.05) is 6.04 Å². The molecular weight excluding hydrogens is 228 g/mol. The average Bonchev–Trinajstić information content (AvgIpc) is 3.05. The number of anilines is 2. The number of rotatable bonds is 3. The van der Waals surface area contributed by atoms with Gasteiger partial charge in [0.15, 0.2) is 0 Å². The summed E-state index contributed by atoms with van der Waals surface area (Å²) in [6, 6.07) is 3.60. The van der Waals surface area contributed by atoms with Gasteiger partial charge in [-0.3, -0.25) is 0 Å². The van der Waals surface area contributed by atoms with Gasteiger partial charge in [-0.1, -0.05) is 11.6 Å². The number of nitrogens with one attached hydrogen (secondary N) is 1. The van der Waals surface area contributed by atoms with Crippen LogP contribution in [-0.4, -0.2) is 19.1 Å². The number of esters is 1. The number of methoxy groups -OCH3 is 1. The second-order valence-corrected chi connectivity index (χ2v) is 4.24. The first-order valence-electron chi connectivity index (χ1n) is 5.05. The largest absolute Gasteiger partial charge is 0.465 e. The number of hydrogen-bond donors (Lipinski definition) is 2. The maximum atomic E-state index is 11.3. The second kappa shape index (κ2) is 4.22. The highest BCUT2D eigenvalue weighted by atomic mass is 35.5. The SMILES string of the molecule is COC(=O)c1cc(N)c(NC2CC2)c(Cl)c1. The van der Waals surface area contributed by atoms with Gasteiger partial charge < -0.3 is 15.8 Å². The number of halogens is 1. The Bertz CT molecular complexity index is 407. The van der Waals surface area contributed by atoms with Crippen molar-refractivity contribution >= 4 is 28.9 Å². The van der Waals surface area contributed by atoms with E-state index < -0.39 is 5.97 Å². The fourth-order valence-corrected chi connectivity index (χ4v) is 1.73. The quantitative estimate of drug-likeness (QED) is 0.629. The third-order valence-corrected chi connectivity index (χ3v) is 2.77. The lowest BCUT2D eigenvalue weighted by atomic mass is 10.1. The summed E-state index contributed by atoms with van der Waals surface area (Å²) in [5, 5.41) is 3.68. The van der Waals surface area contributed by atoms with E-state index in [-0.39, 0.29) is 0 Å². The Morgan fingerprint density at radius 3 is 2.75 bits per heavy atom. The van der Waals surface area contributed by atoms with E-state index in [1.165, 1.54) is 7.11 Å². The molecule has 1 aromatic rings. The van der Waals surface area contributed by atoms with E-state index in [9.17, 15) is 4.79 Å². The first-order chi connectivity index (χ1) is 7.61. The van der Waals surface area contributed by atoms with Crippen LogP contribution in [0.5, 0.6) is 0 Å². The molecule has 86 valence electrons. The fourth-order valence-electron chi connectivity index (χ4n) is 1.45. The van der Waals surface area contributed by atoms with Crippen LogP contribution in [0.4, 0.5) is 11.4 Å². The summed E-state index contributed by atoms with van der Waals surface area (Å²) >= 11 is 6.06. The van der Waals surface area contributed by atoms with Crippen LogP contribution in [-0.2, 0) is 4.74 Å². The molecule has 0 unspecified atom stereocenters. The lowest BCUT2D eigenvalue weighted by molar-refractivity contribution is 0.0601. The first-order valence-corrected chi connectivity index (χ1v) is 5.43. The highest BCUT2D eigenvalue weighted by Gasteiger charge is 2.23. The van der Waals surface area contributed by atoms with E-state index in [2.05, 4.69) is 10.1 Å². The Morgan fingerprint density at radius 1 is 1.56 bits per heavy atom. The van der Waals surface area contributed by atoms with Crippen molar-refractivity contribution in [3.63, 3.8) is 0 Å². The van der Waals surface area contributed by atoms with E-state index >= 15 is 0 Å². The number of carbonyl (C=O) groups is 1. The van der Waals surface area contributed by atoms with Crippen LogP contribution < -0.4 is 11.1 Å². The lowest BCUT2D eigenvalue weighted by Crippen LogP contribution is -2.08. The average molecular weight is 241 g/mol. The summed E-state index contributed by atoms with van der Waals surface area (Å²) in [6.45, 7) is 0. The van der Waals surface area contributed by atoms with Crippen molar-refractivity contribution in [2.24, 2.45) is 0 Å². The number of benzene rings is 1. The van der Waals surface area contributed by atoms with Crippen molar-refractivity contribution in [2.45, 2.75) is 18.9 Å². The highest BCUT2D eigenvalue weighted by Crippen LogP contribution is 2.34. The molecule has 4 nitrogen and oxygen atoms in total. The van der Waals surface area contributed by atoms with Gasteiger partial charge in [0.1, 0.15) is 0 Å². The summed E-state index contributed by atoms with van der Waals surface area (Å²) in [5.41, 5.74) is 7.38. The van der Waals surface area contributed by atoms with Gasteiger partial charge in [-0.15, -0.1) is 0 Å². The van der Waals surface area contributed by atoms with Gasteiger partial charge >= 0.3 is 5.97 Å². The lowest BCUT2D eigenvalue weighted by Gasteiger charge is -2.11. The molecule has 0 aliphatic heterocycles. The number of ether oxygens (including phenoxy) is 1. The van der Waals surface area contributed by atoms with Crippen LogP contribution >= 0.6 is 11.6 Å². The molecule has 0 heterocycles. The molecular formula is C11H13ClN2O2. The first kappa shape index (κ1) is 11.1. The normalized spacial score (nSPS) is 14.6. The zero-order valence-corrected chi connectivity index (χ0v) is 9.67. The van der Waals surface area contributed by atoms with Crippen LogP contribution in [0.3, 0.4) is 0 Å². The molecule has 1 saturated carbocycles. The topological polar surface area (TPSA) is 64.3 Å². The number of nitrogens with two attached hydrogens (primary N) is 1. The molecule has 2 rings (SSSR count). The van der Waals surface area contributed by atoms with Crippen molar-refractivity contribution in [2.75, 3.05) is 18.2 Å². The molecule has 3 N–H and O–H groups in total. The smallest absolute Gasteiger partial charge is 0.337 e. The van der Waals surface area contributed by atoms with Crippen LogP contribution in [0.2, 0.25) is 5.02 Å². The van der Waals surface area contributed by atoms with E-state index in [0.29, 0.717) is 28.0 Å². The fraction of sp³-hybridized carbons (Fsp3) is 0.364. The molecule has 5 heteroatoms. The summed E-state index contributed by atoms with van der Waals surface area (Å²) in [5.74, 6) is -0.438. The standard InChI is InChI=1S/C11H13ClN2O2/c1-16-11(15)6-4-8(12)10(9(13)5-6)14-7-2-3-7/h4-5,7,14H,2-3,13H2,1H3. The Morgan fingerprint density at radius 2 is 2.25 bits per heavy atom. The minimum Gasteiger partial charge on any atom is -0.465 e. The third kappa shape index (κ3) is 2.22. The molecule has 1 aliphatic carbocycles. The Balaban J connectivity index is 2.30. The number of carbonyl (C=O) groups excluding carboxylic acids is 1. The molecule has 1 aromatic carbocycles. The van der Waals surface area contributed by atoms with Crippen molar-refractivity contribution in [3.8, 4) is 0 Å². The molecule has 0 aromatic heterocycles. The van der Waals surface area contributed by atoms with Crippen molar-refractivity contribution in [1.82, 2.24) is 0 Å². The van der Waals surface area contributed by atoms with Gasteiger partial charge in [-0.2, -0.15) is 0 Å². The van der Waals surface area contributed by atoms with Crippen molar-refractivity contribution in [1.29, 1.82) is 0 Å². The molecule has 0 atom stereocenters. The minimum atomic E-state index is -0.438. The Kier molecular flexibility index (Phi) is 2.92. The zero-order chi connectivity index (χ0) is 11.7. The number of nitrogen functional groups attached to an aromatic ring is 1. The van der Waals surface area contributed by atoms with Crippen molar-refractivity contribution in [3.05, 3.63) is 22.7 Å². The van der Waals surface area contributed by atoms with Crippen LogP contribution in [0.25, 0.3) is 0 Å². The van der Waals surface area contributed by atoms with Gasteiger partial charge in [0.25, 0.3) is 0 Å². The van der Waals surface area contributed by atoms with Gasteiger partial charge in [-0.05, 0) is 25.0 Å². The molecule has 0 radical (unpaired) electrons.